The van der Waals surface area contributed by atoms with E-state index in [1.807, 2.05) is 0 Å². The average molecular weight is 558 g/mol. The number of anilines is 4. The maximum Gasteiger partial charge on any atom is 0.229 e. The number of nitrogens with one attached hydrogen (secondary N) is 2. The SMILES string of the molecule is COc1c(F)ccc(Nc2nc(Nc3ccc4c(c3)CCC(N3CCCC3)CC4)ncc2Cl)c1P(C)(C)=O. The molecule has 0 bridgehead atoms. The highest BCUT2D eigenvalue weighted by Crippen LogP contribution is 2.43. The Morgan fingerprint density at radius 3 is 2.53 bits per heavy atom. The summed E-state index contributed by atoms with van der Waals surface area (Å²) in [7, 11) is -1.56. The lowest BCUT2D eigenvalue weighted by Gasteiger charge is -2.25. The summed E-state index contributed by atoms with van der Waals surface area (Å²) in [6, 6.07) is 9.91. The summed E-state index contributed by atoms with van der Waals surface area (Å²) >= 11 is 6.41. The van der Waals surface area contributed by atoms with Crippen LogP contribution in [0.3, 0.4) is 0 Å². The van der Waals surface area contributed by atoms with Crippen molar-refractivity contribution in [1.29, 1.82) is 0 Å². The summed E-state index contributed by atoms with van der Waals surface area (Å²) in [5.41, 5.74) is 4.11. The molecule has 2 aliphatic rings. The van der Waals surface area contributed by atoms with Gasteiger partial charge < -0.3 is 24.8 Å². The summed E-state index contributed by atoms with van der Waals surface area (Å²) in [6.45, 7) is 5.60. The monoisotopic (exact) mass is 557 g/mol. The van der Waals surface area contributed by atoms with Gasteiger partial charge >= 0.3 is 0 Å². The van der Waals surface area contributed by atoms with Crippen molar-refractivity contribution in [1.82, 2.24) is 14.9 Å². The predicted octanol–water partition coefficient (Wildman–Crippen LogP) is 6.36. The molecular weight excluding hydrogens is 524 g/mol. The van der Waals surface area contributed by atoms with E-state index < -0.39 is 13.0 Å². The summed E-state index contributed by atoms with van der Waals surface area (Å²) < 4.78 is 32.6. The summed E-state index contributed by atoms with van der Waals surface area (Å²) in [4.78, 5) is 11.6. The molecule has 10 heteroatoms. The van der Waals surface area contributed by atoms with Gasteiger partial charge in [0.2, 0.25) is 5.95 Å². The van der Waals surface area contributed by atoms with Crippen LogP contribution >= 0.6 is 18.7 Å². The minimum atomic E-state index is -2.91. The fraction of sp³-hybridized carbons (Fsp3) is 0.429. The molecule has 0 saturated carbocycles. The summed E-state index contributed by atoms with van der Waals surface area (Å²) in [6.07, 6.45) is 8.70. The molecule has 7 nitrogen and oxygen atoms in total. The van der Waals surface area contributed by atoms with E-state index in [4.69, 9.17) is 16.3 Å². The van der Waals surface area contributed by atoms with Crippen LogP contribution in [0.2, 0.25) is 5.02 Å². The Balaban J connectivity index is 1.36. The first-order chi connectivity index (χ1) is 18.2. The zero-order chi connectivity index (χ0) is 26.9. The van der Waals surface area contributed by atoms with Crippen molar-refractivity contribution >= 4 is 47.2 Å². The van der Waals surface area contributed by atoms with Gasteiger partial charge in [-0.3, -0.25) is 0 Å². The molecule has 0 amide bonds. The number of likely N-dealkylation sites (tertiary alicyclic amines) is 1. The largest absolute Gasteiger partial charge is 0.493 e. The van der Waals surface area contributed by atoms with Crippen LogP contribution in [-0.2, 0) is 17.4 Å². The molecule has 1 aliphatic carbocycles. The molecule has 0 radical (unpaired) electrons. The lowest BCUT2D eigenvalue weighted by molar-refractivity contribution is 0.222. The van der Waals surface area contributed by atoms with Crippen molar-refractivity contribution in [3.8, 4) is 5.75 Å². The van der Waals surface area contributed by atoms with E-state index in [-0.39, 0.29) is 16.1 Å². The van der Waals surface area contributed by atoms with Gasteiger partial charge in [-0.25, -0.2) is 9.37 Å². The Labute approximate surface area is 228 Å². The fourth-order valence-corrected chi connectivity index (χ4v) is 7.12. The molecule has 38 heavy (non-hydrogen) atoms. The summed E-state index contributed by atoms with van der Waals surface area (Å²) in [5, 5.41) is 6.96. The Hall–Kier alpha value is -2.67. The van der Waals surface area contributed by atoms with Gasteiger partial charge in [0.1, 0.15) is 12.2 Å². The number of rotatable bonds is 7. The van der Waals surface area contributed by atoms with Crippen LogP contribution in [0.5, 0.6) is 5.75 Å². The van der Waals surface area contributed by atoms with Gasteiger partial charge in [0.05, 0.1) is 24.3 Å². The first kappa shape index (κ1) is 26.9. The molecule has 1 saturated heterocycles. The number of nitrogens with zero attached hydrogens (tertiary/aromatic N) is 3. The molecule has 1 atom stereocenters. The zero-order valence-electron chi connectivity index (χ0n) is 22.1. The van der Waals surface area contributed by atoms with Crippen LogP contribution in [0.15, 0.2) is 36.5 Å². The number of aryl methyl sites for hydroxylation is 2. The Kier molecular flexibility index (Phi) is 7.94. The van der Waals surface area contributed by atoms with Crippen molar-refractivity contribution in [3.05, 3.63) is 58.5 Å². The van der Waals surface area contributed by atoms with Gasteiger partial charge in [0.25, 0.3) is 0 Å². The second-order valence-corrected chi connectivity index (χ2v) is 14.0. The number of hydrogen-bond donors (Lipinski definition) is 2. The molecule has 202 valence electrons. The van der Waals surface area contributed by atoms with E-state index in [9.17, 15) is 8.96 Å². The molecule has 2 heterocycles. The molecule has 5 rings (SSSR count). The van der Waals surface area contributed by atoms with Crippen molar-refractivity contribution < 1.29 is 13.7 Å². The Bertz CT molecular complexity index is 1380. The highest BCUT2D eigenvalue weighted by molar-refractivity contribution is 7.70. The minimum Gasteiger partial charge on any atom is -0.493 e. The molecular formula is C28H34ClFN5O2P. The highest BCUT2D eigenvalue weighted by Gasteiger charge is 2.26. The normalized spacial score (nSPS) is 18.1. The number of methoxy groups -OCH3 is 1. The molecule has 0 spiro atoms. The lowest BCUT2D eigenvalue weighted by atomic mass is 10.0. The van der Waals surface area contributed by atoms with Crippen LogP contribution in [0.25, 0.3) is 0 Å². The number of fused-ring (bicyclic) bond motifs is 1. The predicted molar refractivity (Wildman–Crippen MR) is 153 cm³/mol. The minimum absolute atomic E-state index is 0.0520. The lowest BCUT2D eigenvalue weighted by Crippen LogP contribution is -2.32. The van der Waals surface area contributed by atoms with Crippen LogP contribution in [-0.4, -0.2) is 54.4 Å². The van der Waals surface area contributed by atoms with E-state index in [1.54, 1.807) is 13.3 Å². The molecule has 1 fully saturated rings. The molecule has 1 aromatic heterocycles. The van der Waals surface area contributed by atoms with Crippen molar-refractivity contribution in [2.75, 3.05) is 44.2 Å². The van der Waals surface area contributed by atoms with Crippen LogP contribution < -0.4 is 20.7 Å². The quantitative estimate of drug-likeness (QED) is 0.259. The van der Waals surface area contributed by atoms with Gasteiger partial charge in [-0.1, -0.05) is 17.7 Å². The second-order valence-electron chi connectivity index (χ2n) is 10.4. The van der Waals surface area contributed by atoms with E-state index in [0.29, 0.717) is 23.5 Å². The van der Waals surface area contributed by atoms with Gasteiger partial charge in [0, 0.05) is 11.7 Å². The third-order valence-electron chi connectivity index (χ3n) is 7.44. The molecule has 1 aliphatic heterocycles. The average Bonchev–Trinajstić information content (AvgIpc) is 3.33. The Morgan fingerprint density at radius 1 is 1.08 bits per heavy atom. The first-order valence-electron chi connectivity index (χ1n) is 13.1. The van der Waals surface area contributed by atoms with Crippen molar-refractivity contribution in [3.63, 3.8) is 0 Å². The number of benzene rings is 2. The summed E-state index contributed by atoms with van der Waals surface area (Å²) in [5.74, 6) is 0.0508. The van der Waals surface area contributed by atoms with E-state index in [1.165, 1.54) is 75.3 Å². The van der Waals surface area contributed by atoms with Crippen LogP contribution in [0.1, 0.15) is 36.8 Å². The topological polar surface area (TPSA) is 79.4 Å². The van der Waals surface area contributed by atoms with Crippen LogP contribution in [0.4, 0.5) is 27.5 Å². The number of halogens is 2. The molecule has 3 aromatic rings. The van der Waals surface area contributed by atoms with Crippen LogP contribution in [0, 0.1) is 5.82 Å². The Morgan fingerprint density at radius 2 is 1.82 bits per heavy atom. The maximum absolute atomic E-state index is 14.4. The van der Waals surface area contributed by atoms with Gasteiger partial charge in [-0.2, -0.15) is 4.98 Å². The first-order valence-corrected chi connectivity index (χ1v) is 16.1. The fourth-order valence-electron chi connectivity index (χ4n) is 5.59. The van der Waals surface area contributed by atoms with Gasteiger partial charge in [-0.05, 0) is 100 Å². The van der Waals surface area contributed by atoms with Crippen molar-refractivity contribution in [2.24, 2.45) is 0 Å². The number of hydrogen-bond acceptors (Lipinski definition) is 7. The number of aromatic nitrogens is 2. The smallest absolute Gasteiger partial charge is 0.229 e. The van der Waals surface area contributed by atoms with E-state index in [0.717, 1.165) is 18.5 Å². The van der Waals surface area contributed by atoms with Gasteiger partial charge in [-0.15, -0.1) is 0 Å². The van der Waals surface area contributed by atoms with Crippen molar-refractivity contribution in [2.45, 2.75) is 44.6 Å². The molecule has 2 aromatic carbocycles. The van der Waals surface area contributed by atoms with E-state index in [2.05, 4.69) is 43.7 Å². The molecule has 1 unspecified atom stereocenters. The third-order valence-corrected chi connectivity index (χ3v) is 9.23. The maximum atomic E-state index is 14.4. The molecule has 2 N–H and O–H groups in total. The van der Waals surface area contributed by atoms with E-state index >= 15 is 0 Å². The standard InChI is InChI=1S/C28H34ClFN5O2P/c1-37-25-23(30)12-13-24(26(25)38(2,3)36)33-27-22(29)17-31-28(34-27)32-20-9-6-18-7-10-21(11-8-19(18)16-20)35-14-4-5-15-35/h6,9,12-13,16-17,21H,4-5,7-8,10-11,14-15H2,1-3H3,(H2,31,32,33,34). The highest BCUT2D eigenvalue weighted by atomic mass is 35.5. The second kappa shape index (κ2) is 11.2. The zero-order valence-corrected chi connectivity index (χ0v) is 23.7. The third kappa shape index (κ3) is 5.83. The van der Waals surface area contributed by atoms with Gasteiger partial charge in [0.15, 0.2) is 17.4 Å². The number of ether oxygens (including phenoxy) is 1.